The van der Waals surface area contributed by atoms with Crippen molar-refractivity contribution < 1.29 is 80.2 Å². The molecule has 2 unspecified atom stereocenters. The molecule has 0 aliphatic heterocycles. The Morgan fingerprint density at radius 2 is 0.568 bits per heavy atom. The molecule has 0 saturated heterocycles. The number of ether oxygens (including phenoxy) is 4. The van der Waals surface area contributed by atoms with E-state index in [0.717, 1.165) is 103 Å². The summed E-state index contributed by atoms with van der Waals surface area (Å²) in [5.74, 6) is -0.753. The van der Waals surface area contributed by atoms with Crippen LogP contribution in [0.25, 0.3) is 0 Å². The number of aliphatic hydroxyl groups is 1. The molecule has 5 atom stereocenters. The Morgan fingerprint density at radius 3 is 0.840 bits per heavy atom. The summed E-state index contributed by atoms with van der Waals surface area (Å²) in [7, 11) is -9.88. The second kappa shape index (κ2) is 54.7. The molecule has 0 fully saturated rings. The average Bonchev–Trinajstić information content (AvgIpc) is 3.42. The van der Waals surface area contributed by atoms with Gasteiger partial charge >= 0.3 is 39.5 Å². The van der Waals surface area contributed by atoms with Crippen LogP contribution in [0.5, 0.6) is 0 Å². The lowest BCUT2D eigenvalue weighted by Gasteiger charge is -2.21. The Balaban J connectivity index is 5.24. The summed E-state index contributed by atoms with van der Waals surface area (Å²) in [5.41, 5.74) is 0. The van der Waals surface area contributed by atoms with Crippen LogP contribution in [0.1, 0.15) is 305 Å². The maximum Gasteiger partial charge on any atom is 0.472 e. The molecule has 0 saturated carbocycles. The Hall–Kier alpha value is -1.94. The zero-order valence-electron chi connectivity index (χ0n) is 52.1. The van der Waals surface area contributed by atoms with Crippen LogP contribution in [-0.4, -0.2) is 96.7 Å². The van der Waals surface area contributed by atoms with Crippen molar-refractivity contribution in [3.05, 3.63) is 0 Å². The van der Waals surface area contributed by atoms with Gasteiger partial charge in [-0.1, -0.05) is 253 Å². The number of carbonyl (C=O) groups excluding carboxylic acids is 4. The van der Waals surface area contributed by atoms with Crippen LogP contribution >= 0.6 is 15.6 Å². The van der Waals surface area contributed by atoms with E-state index < -0.39 is 97.5 Å². The Kier molecular flexibility index (Phi) is 53.4. The number of rotatable bonds is 61. The lowest BCUT2D eigenvalue weighted by molar-refractivity contribution is -0.161. The van der Waals surface area contributed by atoms with Gasteiger partial charge in [0.2, 0.25) is 0 Å². The summed E-state index contributed by atoms with van der Waals surface area (Å²) in [4.78, 5) is 72.0. The van der Waals surface area contributed by atoms with Crippen LogP contribution in [-0.2, 0) is 65.4 Å². The minimum Gasteiger partial charge on any atom is -0.462 e. The smallest absolute Gasteiger partial charge is 0.462 e. The third-order valence-corrected chi connectivity index (χ3v) is 16.1. The van der Waals surface area contributed by atoms with Crippen molar-refractivity contribution in [2.24, 2.45) is 11.8 Å². The Bertz CT molecular complexity index is 1600. The van der Waals surface area contributed by atoms with E-state index in [-0.39, 0.29) is 25.7 Å². The number of phosphoric acid groups is 2. The lowest BCUT2D eigenvalue weighted by atomic mass is 10.0. The van der Waals surface area contributed by atoms with Gasteiger partial charge in [0.05, 0.1) is 26.4 Å². The highest BCUT2D eigenvalue weighted by Gasteiger charge is 2.30. The number of unbranched alkanes of at least 4 members (excludes halogenated alkanes) is 31. The van der Waals surface area contributed by atoms with Crippen molar-refractivity contribution in [2.75, 3.05) is 39.6 Å². The number of hydrogen-bond acceptors (Lipinski definition) is 15. The van der Waals surface area contributed by atoms with Gasteiger partial charge in [-0.25, -0.2) is 9.13 Å². The van der Waals surface area contributed by atoms with E-state index in [9.17, 15) is 43.2 Å². The average molecular weight is 1200 g/mol. The van der Waals surface area contributed by atoms with Crippen LogP contribution < -0.4 is 0 Å². The number of esters is 4. The molecule has 0 aliphatic carbocycles. The van der Waals surface area contributed by atoms with E-state index in [4.69, 9.17) is 37.0 Å². The molecule has 0 spiro atoms. The predicted molar refractivity (Wildman–Crippen MR) is 321 cm³/mol. The van der Waals surface area contributed by atoms with Gasteiger partial charge < -0.3 is 33.8 Å². The van der Waals surface area contributed by atoms with E-state index in [1.165, 1.54) is 109 Å². The molecule has 0 amide bonds. The highest BCUT2D eigenvalue weighted by Crippen LogP contribution is 2.45. The van der Waals surface area contributed by atoms with E-state index in [2.05, 4.69) is 41.5 Å². The zero-order chi connectivity index (χ0) is 60.1. The molecule has 480 valence electrons. The summed E-state index contributed by atoms with van der Waals surface area (Å²) < 4.78 is 67.9. The van der Waals surface area contributed by atoms with Gasteiger partial charge in [0.15, 0.2) is 12.2 Å². The summed E-state index contributed by atoms with van der Waals surface area (Å²) in [5, 5.41) is 10.5. The van der Waals surface area contributed by atoms with Crippen molar-refractivity contribution >= 4 is 39.5 Å². The number of phosphoric ester groups is 2. The largest absolute Gasteiger partial charge is 0.472 e. The van der Waals surface area contributed by atoms with Crippen LogP contribution in [0.3, 0.4) is 0 Å². The van der Waals surface area contributed by atoms with Gasteiger partial charge in [-0.3, -0.25) is 37.3 Å². The molecule has 19 heteroatoms. The van der Waals surface area contributed by atoms with E-state index in [1.807, 2.05) is 0 Å². The zero-order valence-corrected chi connectivity index (χ0v) is 53.9. The first-order chi connectivity index (χ1) is 38.9. The minimum absolute atomic E-state index is 0.105. The highest BCUT2D eigenvalue weighted by atomic mass is 31.2. The van der Waals surface area contributed by atoms with Crippen LogP contribution in [0.4, 0.5) is 0 Å². The fourth-order valence-corrected chi connectivity index (χ4v) is 10.8. The highest BCUT2D eigenvalue weighted by molar-refractivity contribution is 7.47. The van der Waals surface area contributed by atoms with E-state index in [0.29, 0.717) is 37.5 Å². The summed E-state index contributed by atoms with van der Waals surface area (Å²) in [6.45, 7) is 9.33. The van der Waals surface area contributed by atoms with Gasteiger partial charge in [-0.05, 0) is 37.5 Å². The second-order valence-corrected chi connectivity index (χ2v) is 26.3. The van der Waals surface area contributed by atoms with Gasteiger partial charge in [0.25, 0.3) is 0 Å². The summed E-state index contributed by atoms with van der Waals surface area (Å²) in [6, 6.07) is 0. The SMILES string of the molecule is CCCCCCCCCCCCCCC(=O)O[C@H](COC(=O)CCCCCCCCCC(C)C)COP(=O)(O)OC[C@@H](O)COP(=O)(O)OC[C@@H](COC(=O)CCCCCCCCC(C)C)OC(=O)CCCCCCCCCCCC. The fourth-order valence-electron chi connectivity index (χ4n) is 9.18. The third-order valence-electron chi connectivity index (χ3n) is 14.2. The predicted octanol–water partition coefficient (Wildman–Crippen LogP) is 16.9. The number of hydrogen-bond donors (Lipinski definition) is 3. The van der Waals surface area contributed by atoms with E-state index in [1.54, 1.807) is 0 Å². The minimum atomic E-state index is -4.94. The molecule has 0 radical (unpaired) electrons. The summed E-state index contributed by atoms with van der Waals surface area (Å²) in [6.07, 6.45) is 36.3. The first-order valence-corrected chi connectivity index (χ1v) is 35.5. The molecule has 17 nitrogen and oxygen atoms in total. The third kappa shape index (κ3) is 56.9. The molecule has 0 aliphatic rings. The first kappa shape index (κ1) is 79.1. The van der Waals surface area contributed by atoms with Crippen molar-refractivity contribution in [1.82, 2.24) is 0 Å². The first-order valence-electron chi connectivity index (χ1n) is 32.5. The van der Waals surface area contributed by atoms with Crippen molar-refractivity contribution in [1.29, 1.82) is 0 Å². The lowest BCUT2D eigenvalue weighted by Crippen LogP contribution is -2.30. The Labute approximate surface area is 492 Å². The van der Waals surface area contributed by atoms with Crippen LogP contribution in [0.2, 0.25) is 0 Å². The summed E-state index contributed by atoms with van der Waals surface area (Å²) >= 11 is 0. The number of aliphatic hydroxyl groups excluding tert-OH is 1. The Morgan fingerprint density at radius 1 is 0.333 bits per heavy atom. The molecule has 81 heavy (non-hydrogen) atoms. The monoisotopic (exact) mass is 1200 g/mol. The molecular weight excluding hydrogens is 1080 g/mol. The van der Waals surface area contributed by atoms with Crippen LogP contribution in [0.15, 0.2) is 0 Å². The fraction of sp³-hybridized carbons (Fsp3) is 0.935. The van der Waals surface area contributed by atoms with Crippen molar-refractivity contribution in [3.8, 4) is 0 Å². The standard InChI is InChI=1S/C62H120O17P2/c1-7-9-11-13-15-17-19-20-22-26-35-41-47-62(67)78-57(50-72-59(64)44-38-32-27-23-24-30-36-42-54(3)4)52-76-80(68,69)74-48-56(63)49-75-81(70,71)77-53-58(51-73-60(65)45-39-33-29-28-31-37-43-55(5)6)79-61(66)46-40-34-25-21-18-16-14-12-10-8-2/h54-58,63H,7-53H2,1-6H3,(H,68,69)(H,70,71)/t56-,57-,58-/m1/s1. The van der Waals surface area contributed by atoms with Gasteiger partial charge in [0, 0.05) is 25.7 Å². The maximum atomic E-state index is 12.9. The van der Waals surface area contributed by atoms with Crippen LogP contribution in [0, 0.1) is 11.8 Å². The van der Waals surface area contributed by atoms with E-state index >= 15 is 0 Å². The normalized spacial score (nSPS) is 14.4. The molecule has 0 aromatic rings. The van der Waals surface area contributed by atoms with Gasteiger partial charge in [0.1, 0.15) is 19.3 Å². The van der Waals surface area contributed by atoms with Gasteiger partial charge in [-0.2, -0.15) is 0 Å². The van der Waals surface area contributed by atoms with Crippen molar-refractivity contribution in [3.63, 3.8) is 0 Å². The molecule has 0 rings (SSSR count). The molecule has 0 bridgehead atoms. The second-order valence-electron chi connectivity index (χ2n) is 23.4. The molecule has 3 N–H and O–H groups in total. The van der Waals surface area contributed by atoms with Crippen molar-refractivity contribution in [2.45, 2.75) is 323 Å². The molecular formula is C62H120O17P2. The molecule has 0 aromatic carbocycles. The molecule has 0 heterocycles. The maximum absolute atomic E-state index is 12.9. The topological polar surface area (TPSA) is 237 Å². The van der Waals surface area contributed by atoms with Gasteiger partial charge in [-0.15, -0.1) is 0 Å². The number of carbonyl (C=O) groups is 4. The quantitative estimate of drug-likeness (QED) is 0.0222. The molecule has 0 aromatic heterocycles.